The van der Waals surface area contributed by atoms with Gasteiger partial charge in [0.25, 0.3) is 0 Å². The Morgan fingerprint density at radius 2 is 0.792 bits per heavy atom. The third-order valence-electron chi connectivity index (χ3n) is 9.84. The molecule has 1 rings (SSSR count). The molecule has 0 aliphatic heterocycles. The van der Waals surface area contributed by atoms with Crippen LogP contribution in [0.3, 0.4) is 0 Å². The van der Waals surface area contributed by atoms with Gasteiger partial charge in [-0.25, -0.2) is 0 Å². The summed E-state index contributed by atoms with van der Waals surface area (Å²) in [6.07, 6.45) is 21.9. The lowest BCUT2D eigenvalue weighted by molar-refractivity contribution is -0.117. The van der Waals surface area contributed by atoms with Crippen LogP contribution in [0.2, 0.25) is 0 Å². The molecule has 0 aromatic heterocycles. The molecule has 0 saturated heterocycles. The molecule has 1 aliphatic carbocycles. The van der Waals surface area contributed by atoms with Gasteiger partial charge in [0.1, 0.15) is 0 Å². The standard InChI is InChI=1S/C40H68Cl2N2O4/c1-7-11-13-15-17-19-21-23-25-31(5)35-33(29-43(27-9-3)39(41)47)38(46)36(32(6)26-24-22-20-18-16-14-12-8-2)34(37(35)45)30-44(28-10-4)40(42)48/h31-32H,7-30H2,1-6H3. The second-order valence-electron chi connectivity index (χ2n) is 14.1. The summed E-state index contributed by atoms with van der Waals surface area (Å²) in [4.78, 5) is 57.2. The van der Waals surface area contributed by atoms with E-state index in [1.165, 1.54) is 74.0 Å². The molecule has 6 nitrogen and oxygen atoms in total. The Morgan fingerprint density at radius 1 is 0.500 bits per heavy atom. The first-order valence-electron chi connectivity index (χ1n) is 19.5. The van der Waals surface area contributed by atoms with Crippen LogP contribution in [0.15, 0.2) is 22.3 Å². The van der Waals surface area contributed by atoms with Gasteiger partial charge >= 0.3 is 10.7 Å². The zero-order chi connectivity index (χ0) is 35.9. The van der Waals surface area contributed by atoms with Gasteiger partial charge in [-0.1, -0.05) is 144 Å². The van der Waals surface area contributed by atoms with Gasteiger partial charge in [0.15, 0.2) is 11.6 Å². The van der Waals surface area contributed by atoms with Crippen molar-refractivity contribution in [1.29, 1.82) is 0 Å². The molecule has 0 aromatic carbocycles. The molecule has 0 radical (unpaired) electrons. The summed E-state index contributed by atoms with van der Waals surface area (Å²) >= 11 is 12.0. The van der Waals surface area contributed by atoms with E-state index in [-0.39, 0.29) is 36.5 Å². The van der Waals surface area contributed by atoms with E-state index in [0.717, 1.165) is 51.4 Å². The number of carbonyl (C=O) groups is 4. The van der Waals surface area contributed by atoms with Crippen molar-refractivity contribution < 1.29 is 19.2 Å². The van der Waals surface area contributed by atoms with E-state index in [4.69, 9.17) is 23.2 Å². The zero-order valence-electron chi connectivity index (χ0n) is 31.4. The van der Waals surface area contributed by atoms with Gasteiger partial charge in [-0.3, -0.25) is 19.2 Å². The minimum Gasteiger partial charge on any atom is -0.325 e. The number of hydrogen-bond donors (Lipinski definition) is 0. The Bertz CT molecular complexity index is 972. The number of rotatable bonds is 28. The molecular weight excluding hydrogens is 643 g/mol. The van der Waals surface area contributed by atoms with Crippen LogP contribution in [0.5, 0.6) is 0 Å². The van der Waals surface area contributed by atoms with Gasteiger partial charge in [-0.15, -0.1) is 0 Å². The van der Waals surface area contributed by atoms with Crippen LogP contribution in [0.4, 0.5) is 9.59 Å². The molecule has 276 valence electrons. The van der Waals surface area contributed by atoms with Crippen molar-refractivity contribution in [2.24, 2.45) is 11.8 Å². The SMILES string of the molecule is CCCCCCCCCCC(C)C1=C(CN(CCC)C(=O)Cl)C(=O)C(C(C)CCCCCCCCCC)=C(CN(CCC)C(=O)Cl)C1=O. The maximum atomic E-state index is 14.7. The summed E-state index contributed by atoms with van der Waals surface area (Å²) in [7, 11) is 0. The zero-order valence-corrected chi connectivity index (χ0v) is 32.9. The van der Waals surface area contributed by atoms with E-state index < -0.39 is 10.7 Å². The molecule has 0 spiro atoms. The number of nitrogens with zero attached hydrogens (tertiary/aromatic N) is 2. The smallest absolute Gasteiger partial charge is 0.316 e. The number of allylic oxidation sites excluding steroid dienone is 2. The van der Waals surface area contributed by atoms with E-state index in [9.17, 15) is 19.2 Å². The number of carbonyl (C=O) groups excluding carboxylic acids is 4. The number of amides is 2. The van der Waals surface area contributed by atoms with Crippen LogP contribution in [-0.2, 0) is 9.59 Å². The van der Waals surface area contributed by atoms with Gasteiger partial charge in [-0.2, -0.15) is 0 Å². The first-order valence-corrected chi connectivity index (χ1v) is 20.2. The Hall–Kier alpha value is -1.66. The lowest BCUT2D eigenvalue weighted by Gasteiger charge is -2.33. The molecule has 8 heteroatoms. The Labute approximate surface area is 303 Å². The molecule has 0 bridgehead atoms. The maximum absolute atomic E-state index is 14.7. The predicted octanol–water partition coefficient (Wildman–Crippen LogP) is 12.2. The minimum atomic E-state index is -0.621. The average Bonchev–Trinajstić information content (AvgIpc) is 3.04. The lowest BCUT2D eigenvalue weighted by Crippen LogP contribution is -2.40. The fourth-order valence-corrected chi connectivity index (χ4v) is 7.33. The molecule has 2 unspecified atom stereocenters. The summed E-state index contributed by atoms with van der Waals surface area (Å²) in [5.74, 6) is -0.688. The molecule has 2 atom stereocenters. The molecule has 2 amide bonds. The van der Waals surface area contributed by atoms with Gasteiger partial charge in [0.05, 0.1) is 13.1 Å². The summed E-state index contributed by atoms with van der Waals surface area (Å²) in [6, 6.07) is 0. The molecule has 0 aromatic rings. The summed E-state index contributed by atoms with van der Waals surface area (Å²) < 4.78 is 0. The van der Waals surface area contributed by atoms with Crippen LogP contribution in [0, 0.1) is 11.8 Å². The summed E-state index contributed by atoms with van der Waals surface area (Å²) in [6.45, 7) is 13.3. The van der Waals surface area contributed by atoms with Crippen molar-refractivity contribution in [1.82, 2.24) is 9.80 Å². The predicted molar refractivity (Wildman–Crippen MR) is 203 cm³/mol. The molecular formula is C40H68Cl2N2O4. The van der Waals surface area contributed by atoms with Gasteiger partial charge < -0.3 is 9.80 Å². The lowest BCUT2D eigenvalue weighted by atomic mass is 9.73. The van der Waals surface area contributed by atoms with E-state index in [2.05, 4.69) is 13.8 Å². The number of unbranched alkanes of at least 4 members (excludes halogenated alkanes) is 14. The largest absolute Gasteiger partial charge is 0.325 e. The molecule has 0 N–H and O–H groups in total. The van der Waals surface area contributed by atoms with Crippen molar-refractivity contribution in [3.63, 3.8) is 0 Å². The Balaban J connectivity index is 3.40. The number of halogens is 2. The van der Waals surface area contributed by atoms with Crippen molar-refractivity contribution in [3.05, 3.63) is 22.3 Å². The van der Waals surface area contributed by atoms with Crippen LogP contribution in [-0.4, -0.2) is 58.3 Å². The van der Waals surface area contributed by atoms with Crippen LogP contribution < -0.4 is 0 Å². The van der Waals surface area contributed by atoms with Crippen molar-refractivity contribution in [2.45, 2.75) is 170 Å². The fourth-order valence-electron chi connectivity index (χ4n) is 7.04. The monoisotopic (exact) mass is 710 g/mol. The Morgan fingerprint density at radius 3 is 1.06 bits per heavy atom. The number of hydrogen-bond acceptors (Lipinski definition) is 4. The van der Waals surface area contributed by atoms with Gasteiger partial charge in [0.2, 0.25) is 0 Å². The van der Waals surface area contributed by atoms with E-state index in [0.29, 0.717) is 48.2 Å². The highest BCUT2D eigenvalue weighted by Gasteiger charge is 2.39. The molecule has 1 aliphatic rings. The fraction of sp³-hybridized carbons (Fsp3) is 0.800. The van der Waals surface area contributed by atoms with E-state index in [1.54, 1.807) is 0 Å². The summed E-state index contributed by atoms with van der Waals surface area (Å²) in [5, 5.41) is -1.24. The molecule has 48 heavy (non-hydrogen) atoms. The van der Waals surface area contributed by atoms with E-state index >= 15 is 0 Å². The van der Waals surface area contributed by atoms with Gasteiger partial charge in [-0.05, 0) is 60.7 Å². The van der Waals surface area contributed by atoms with Crippen molar-refractivity contribution >= 4 is 45.5 Å². The first-order chi connectivity index (χ1) is 23.0. The normalized spacial score (nSPS) is 14.9. The highest BCUT2D eigenvalue weighted by Crippen LogP contribution is 2.37. The highest BCUT2D eigenvalue weighted by atomic mass is 35.5. The van der Waals surface area contributed by atoms with Crippen molar-refractivity contribution in [2.75, 3.05) is 26.2 Å². The quantitative estimate of drug-likeness (QED) is 0.0350. The van der Waals surface area contributed by atoms with Crippen LogP contribution in [0.25, 0.3) is 0 Å². The minimum absolute atomic E-state index is 0.0201. The second-order valence-corrected chi connectivity index (χ2v) is 14.8. The maximum Gasteiger partial charge on any atom is 0.316 e. The topological polar surface area (TPSA) is 74.8 Å². The highest BCUT2D eigenvalue weighted by molar-refractivity contribution is 6.63. The molecule has 0 fully saturated rings. The van der Waals surface area contributed by atoms with Crippen molar-refractivity contribution in [3.8, 4) is 0 Å². The number of ketones is 2. The van der Waals surface area contributed by atoms with Crippen LogP contribution in [0.1, 0.15) is 170 Å². The third-order valence-corrected chi connectivity index (χ3v) is 10.3. The van der Waals surface area contributed by atoms with Crippen LogP contribution >= 0.6 is 23.2 Å². The third kappa shape index (κ3) is 15.9. The van der Waals surface area contributed by atoms with E-state index in [1.807, 2.05) is 27.7 Å². The number of Topliss-reactive ketones (excluding diaryl/α,β-unsaturated/α-hetero) is 2. The second kappa shape index (κ2) is 26.2. The average molecular weight is 712 g/mol. The summed E-state index contributed by atoms with van der Waals surface area (Å²) in [5.41, 5.74) is 1.77. The first kappa shape index (κ1) is 44.4. The van der Waals surface area contributed by atoms with Gasteiger partial charge in [0, 0.05) is 35.4 Å². The Kier molecular flexibility index (Phi) is 24.2. The molecule has 0 heterocycles. The molecule has 0 saturated carbocycles.